The summed E-state index contributed by atoms with van der Waals surface area (Å²) in [6.07, 6.45) is 2.12. The topological polar surface area (TPSA) is 76.8 Å². The summed E-state index contributed by atoms with van der Waals surface area (Å²) in [7, 11) is 1.74. The SMILES string of the molecule is COCC1CN(C(=O)c2noc(C)c2COc2ccccc2)CC12CCNCC2. The van der Waals surface area contributed by atoms with Crippen molar-refractivity contribution < 1.29 is 18.8 Å². The molecule has 2 saturated heterocycles. The largest absolute Gasteiger partial charge is 0.489 e. The fourth-order valence-electron chi connectivity index (χ4n) is 4.66. The van der Waals surface area contributed by atoms with Gasteiger partial charge < -0.3 is 24.2 Å². The number of aromatic nitrogens is 1. The van der Waals surface area contributed by atoms with Gasteiger partial charge in [-0.05, 0) is 50.4 Å². The molecule has 7 nitrogen and oxygen atoms in total. The molecule has 1 atom stereocenters. The Morgan fingerprint density at radius 3 is 2.79 bits per heavy atom. The van der Waals surface area contributed by atoms with Crippen molar-refractivity contribution in [2.75, 3.05) is 39.9 Å². The zero-order valence-electron chi connectivity index (χ0n) is 17.1. The smallest absolute Gasteiger partial charge is 0.276 e. The average Bonchev–Trinajstić information content (AvgIpc) is 3.28. The van der Waals surface area contributed by atoms with Gasteiger partial charge in [0.2, 0.25) is 0 Å². The molecule has 7 heteroatoms. The number of methoxy groups -OCH3 is 1. The number of rotatable bonds is 6. The van der Waals surface area contributed by atoms with Gasteiger partial charge in [-0.2, -0.15) is 0 Å². The summed E-state index contributed by atoms with van der Waals surface area (Å²) in [5.74, 6) is 1.63. The van der Waals surface area contributed by atoms with Crippen LogP contribution in [0.1, 0.15) is 34.7 Å². The van der Waals surface area contributed by atoms with E-state index in [9.17, 15) is 4.79 Å². The van der Waals surface area contributed by atoms with Gasteiger partial charge in [0.15, 0.2) is 5.69 Å². The zero-order chi connectivity index (χ0) is 20.3. The lowest BCUT2D eigenvalue weighted by molar-refractivity contribution is 0.0698. The number of nitrogens with one attached hydrogen (secondary N) is 1. The molecule has 2 aliphatic rings. The molecule has 1 aromatic carbocycles. The van der Waals surface area contributed by atoms with Crippen LogP contribution in [-0.4, -0.2) is 55.9 Å². The Bertz CT molecular complexity index is 830. The Kier molecular flexibility index (Phi) is 5.87. The van der Waals surface area contributed by atoms with Gasteiger partial charge >= 0.3 is 0 Å². The normalized spacial score (nSPS) is 20.9. The molecule has 2 aliphatic heterocycles. The predicted molar refractivity (Wildman–Crippen MR) is 108 cm³/mol. The quantitative estimate of drug-likeness (QED) is 0.805. The minimum Gasteiger partial charge on any atom is -0.489 e. The van der Waals surface area contributed by atoms with Crippen LogP contribution in [0.2, 0.25) is 0 Å². The first-order chi connectivity index (χ1) is 14.1. The number of nitrogens with zero attached hydrogens (tertiary/aromatic N) is 2. The van der Waals surface area contributed by atoms with E-state index in [2.05, 4.69) is 10.5 Å². The summed E-state index contributed by atoms with van der Waals surface area (Å²) in [4.78, 5) is 15.3. The van der Waals surface area contributed by atoms with Gasteiger partial charge in [0.05, 0.1) is 12.2 Å². The molecule has 1 N–H and O–H groups in total. The lowest BCUT2D eigenvalue weighted by Crippen LogP contribution is -2.43. The number of piperidine rings is 1. The van der Waals surface area contributed by atoms with Crippen LogP contribution in [0.5, 0.6) is 5.75 Å². The van der Waals surface area contributed by atoms with E-state index >= 15 is 0 Å². The standard InChI is InChI=1S/C22H29N3O4/c1-16-19(14-28-18-6-4-3-5-7-18)20(24-29-16)21(26)25-12-17(13-27-2)22(15-25)8-10-23-11-9-22/h3-7,17,23H,8-15H2,1-2H3. The molecule has 1 aromatic heterocycles. The Hall–Kier alpha value is -2.38. The first-order valence-electron chi connectivity index (χ1n) is 10.2. The van der Waals surface area contributed by atoms with Crippen LogP contribution in [0.3, 0.4) is 0 Å². The van der Waals surface area contributed by atoms with Crippen LogP contribution in [0.4, 0.5) is 0 Å². The molecular formula is C22H29N3O4. The maximum absolute atomic E-state index is 13.4. The number of ether oxygens (including phenoxy) is 2. The van der Waals surface area contributed by atoms with Gasteiger partial charge in [0.25, 0.3) is 5.91 Å². The van der Waals surface area contributed by atoms with E-state index in [0.717, 1.165) is 38.2 Å². The Morgan fingerprint density at radius 2 is 2.07 bits per heavy atom. The first-order valence-corrected chi connectivity index (χ1v) is 10.2. The molecule has 2 fully saturated rings. The van der Waals surface area contributed by atoms with Crippen molar-refractivity contribution in [1.82, 2.24) is 15.4 Å². The molecule has 29 heavy (non-hydrogen) atoms. The minimum absolute atomic E-state index is 0.0787. The number of amides is 1. The van der Waals surface area contributed by atoms with E-state index in [1.54, 1.807) is 7.11 Å². The number of carbonyl (C=O) groups excluding carboxylic acids is 1. The summed E-state index contributed by atoms with van der Waals surface area (Å²) < 4.78 is 16.7. The van der Waals surface area contributed by atoms with Gasteiger partial charge in [-0.15, -0.1) is 0 Å². The van der Waals surface area contributed by atoms with E-state index in [-0.39, 0.29) is 17.9 Å². The Balaban J connectivity index is 1.51. The predicted octanol–water partition coefficient (Wildman–Crippen LogP) is 2.65. The second-order valence-electron chi connectivity index (χ2n) is 8.12. The Labute approximate surface area is 171 Å². The van der Waals surface area contributed by atoms with E-state index in [0.29, 0.717) is 36.1 Å². The summed E-state index contributed by atoms with van der Waals surface area (Å²) in [5, 5.41) is 7.52. The number of aryl methyl sites for hydroxylation is 1. The number of hydrogen-bond donors (Lipinski definition) is 1. The highest BCUT2D eigenvalue weighted by atomic mass is 16.5. The van der Waals surface area contributed by atoms with Gasteiger partial charge in [-0.25, -0.2) is 0 Å². The highest BCUT2D eigenvalue weighted by Crippen LogP contribution is 2.44. The van der Waals surface area contributed by atoms with Crippen molar-refractivity contribution in [3.63, 3.8) is 0 Å². The van der Waals surface area contributed by atoms with E-state index in [1.165, 1.54) is 0 Å². The monoisotopic (exact) mass is 399 g/mol. The van der Waals surface area contributed by atoms with E-state index < -0.39 is 0 Å². The molecular weight excluding hydrogens is 370 g/mol. The van der Waals surface area contributed by atoms with Crippen LogP contribution in [-0.2, 0) is 11.3 Å². The van der Waals surface area contributed by atoms with Crippen molar-refractivity contribution in [3.8, 4) is 5.75 Å². The van der Waals surface area contributed by atoms with Gasteiger partial charge in [-0.1, -0.05) is 23.4 Å². The summed E-state index contributed by atoms with van der Waals surface area (Å²) in [5.41, 5.74) is 1.20. The molecule has 0 radical (unpaired) electrons. The molecule has 0 bridgehead atoms. The average molecular weight is 399 g/mol. The third-order valence-corrected chi connectivity index (χ3v) is 6.38. The first kappa shape index (κ1) is 19.9. The van der Waals surface area contributed by atoms with E-state index in [4.69, 9.17) is 14.0 Å². The van der Waals surface area contributed by atoms with Crippen molar-refractivity contribution in [3.05, 3.63) is 47.3 Å². The van der Waals surface area contributed by atoms with Gasteiger partial charge in [0.1, 0.15) is 18.1 Å². The maximum Gasteiger partial charge on any atom is 0.276 e. The third kappa shape index (κ3) is 4.02. The molecule has 2 aromatic rings. The van der Waals surface area contributed by atoms with Crippen LogP contribution in [0.15, 0.2) is 34.9 Å². The number of para-hydroxylation sites is 1. The number of likely N-dealkylation sites (tertiary alicyclic amines) is 1. The third-order valence-electron chi connectivity index (χ3n) is 6.38. The fourth-order valence-corrected chi connectivity index (χ4v) is 4.66. The molecule has 0 saturated carbocycles. The lowest BCUT2D eigenvalue weighted by Gasteiger charge is -2.38. The van der Waals surface area contributed by atoms with Crippen LogP contribution in [0, 0.1) is 18.3 Å². The molecule has 0 aliphatic carbocycles. The minimum atomic E-state index is -0.0787. The van der Waals surface area contributed by atoms with E-state index in [1.807, 2.05) is 42.2 Å². The zero-order valence-corrected chi connectivity index (χ0v) is 17.1. The highest BCUT2D eigenvalue weighted by Gasteiger charge is 2.48. The van der Waals surface area contributed by atoms with Crippen molar-refractivity contribution >= 4 is 5.91 Å². The summed E-state index contributed by atoms with van der Waals surface area (Å²) >= 11 is 0. The Morgan fingerprint density at radius 1 is 1.31 bits per heavy atom. The fraction of sp³-hybridized carbons (Fsp3) is 0.545. The number of hydrogen-bond acceptors (Lipinski definition) is 6. The van der Waals surface area contributed by atoms with Crippen LogP contribution in [0.25, 0.3) is 0 Å². The van der Waals surface area contributed by atoms with Crippen LogP contribution >= 0.6 is 0 Å². The molecule has 1 unspecified atom stereocenters. The second kappa shape index (κ2) is 8.55. The van der Waals surface area contributed by atoms with Crippen molar-refractivity contribution in [1.29, 1.82) is 0 Å². The summed E-state index contributed by atoms with van der Waals surface area (Å²) in [6.45, 7) is 6.16. The number of benzene rings is 1. The molecule has 1 amide bonds. The van der Waals surface area contributed by atoms with Crippen molar-refractivity contribution in [2.24, 2.45) is 11.3 Å². The molecule has 156 valence electrons. The highest BCUT2D eigenvalue weighted by molar-refractivity contribution is 5.94. The van der Waals surface area contributed by atoms with Gasteiger partial charge in [0, 0.05) is 26.1 Å². The van der Waals surface area contributed by atoms with Gasteiger partial charge in [-0.3, -0.25) is 4.79 Å². The van der Waals surface area contributed by atoms with Crippen LogP contribution < -0.4 is 10.1 Å². The maximum atomic E-state index is 13.4. The second-order valence-corrected chi connectivity index (χ2v) is 8.12. The summed E-state index contributed by atoms with van der Waals surface area (Å²) in [6, 6.07) is 9.55. The van der Waals surface area contributed by atoms with Crippen molar-refractivity contribution in [2.45, 2.75) is 26.4 Å². The molecule has 3 heterocycles. The number of carbonyl (C=O) groups is 1. The molecule has 4 rings (SSSR count). The molecule has 1 spiro atoms. The lowest BCUT2D eigenvalue weighted by atomic mass is 9.71.